The van der Waals surface area contributed by atoms with Crippen LogP contribution in [0.1, 0.15) is 15.9 Å². The number of carbonyl (C=O) groups excluding carboxylic acids is 1. The molecule has 0 saturated carbocycles. The van der Waals surface area contributed by atoms with Crippen molar-refractivity contribution in [1.29, 1.82) is 0 Å². The van der Waals surface area contributed by atoms with Gasteiger partial charge >= 0.3 is 0 Å². The van der Waals surface area contributed by atoms with Gasteiger partial charge in [-0.25, -0.2) is 0 Å². The number of hydrogen-bond donors (Lipinski definition) is 2. The van der Waals surface area contributed by atoms with Crippen LogP contribution in [0, 0.1) is 0 Å². The van der Waals surface area contributed by atoms with Crippen LogP contribution < -0.4 is 11.1 Å². The molecule has 0 bridgehead atoms. The predicted molar refractivity (Wildman–Crippen MR) is 90.1 cm³/mol. The Bertz CT molecular complexity index is 899. The fourth-order valence-corrected chi connectivity index (χ4v) is 3.16. The Kier molecular flexibility index (Phi) is 2.86. The maximum absolute atomic E-state index is 11.7. The predicted octanol–water partition coefficient (Wildman–Crippen LogP) is 3.57. The molecule has 1 heterocycles. The van der Waals surface area contributed by atoms with E-state index in [4.69, 9.17) is 5.73 Å². The van der Waals surface area contributed by atoms with E-state index in [9.17, 15) is 4.79 Å². The Morgan fingerprint density at radius 2 is 1.77 bits per heavy atom. The Morgan fingerprint density at radius 1 is 0.955 bits per heavy atom. The zero-order valence-corrected chi connectivity index (χ0v) is 12.1. The lowest BCUT2D eigenvalue weighted by Crippen LogP contribution is -2.13. The van der Waals surface area contributed by atoms with Gasteiger partial charge in [-0.15, -0.1) is 0 Å². The Hall–Kier alpha value is -2.81. The fraction of sp³-hybridized carbons (Fsp3) is 0.105. The third-order valence-corrected chi connectivity index (χ3v) is 4.26. The van der Waals surface area contributed by atoms with Crippen LogP contribution in [0.2, 0.25) is 0 Å². The van der Waals surface area contributed by atoms with Gasteiger partial charge in [-0.3, -0.25) is 4.79 Å². The molecule has 0 aromatic heterocycles. The zero-order chi connectivity index (χ0) is 15.1. The summed E-state index contributed by atoms with van der Waals surface area (Å²) in [6, 6.07) is 18.7. The van der Waals surface area contributed by atoms with E-state index in [1.807, 2.05) is 18.2 Å². The Morgan fingerprint density at radius 3 is 2.59 bits per heavy atom. The molecule has 22 heavy (non-hydrogen) atoms. The number of primary amides is 1. The lowest BCUT2D eigenvalue weighted by molar-refractivity contribution is 0.100. The number of amides is 1. The summed E-state index contributed by atoms with van der Waals surface area (Å²) in [6.45, 7) is 0.858. The van der Waals surface area contributed by atoms with Crippen LogP contribution in [0.25, 0.3) is 21.9 Å². The summed E-state index contributed by atoms with van der Waals surface area (Å²) in [5.74, 6) is -0.381. The molecule has 3 heteroatoms. The highest BCUT2D eigenvalue weighted by Gasteiger charge is 2.19. The van der Waals surface area contributed by atoms with Gasteiger partial charge in [0, 0.05) is 6.54 Å². The molecule has 0 unspecified atom stereocenters. The number of benzene rings is 3. The first kappa shape index (κ1) is 12.9. The monoisotopic (exact) mass is 288 g/mol. The second kappa shape index (κ2) is 4.88. The van der Waals surface area contributed by atoms with E-state index in [2.05, 4.69) is 41.7 Å². The number of rotatable bonds is 2. The minimum atomic E-state index is -0.381. The lowest BCUT2D eigenvalue weighted by atomic mass is 9.96. The van der Waals surface area contributed by atoms with Gasteiger partial charge in [0.15, 0.2) is 0 Å². The van der Waals surface area contributed by atoms with E-state index in [1.165, 1.54) is 16.3 Å². The molecule has 0 saturated heterocycles. The number of anilines is 1. The molecule has 0 aliphatic carbocycles. The van der Waals surface area contributed by atoms with Crippen molar-refractivity contribution in [3.05, 3.63) is 65.7 Å². The molecule has 0 radical (unpaired) electrons. The van der Waals surface area contributed by atoms with Crippen LogP contribution in [-0.2, 0) is 6.42 Å². The Labute approximate surface area is 128 Å². The third-order valence-electron chi connectivity index (χ3n) is 4.26. The van der Waals surface area contributed by atoms with Crippen molar-refractivity contribution in [2.24, 2.45) is 5.73 Å². The molecule has 3 aromatic carbocycles. The lowest BCUT2D eigenvalue weighted by Gasteiger charge is -2.10. The van der Waals surface area contributed by atoms with Crippen molar-refractivity contribution in [2.45, 2.75) is 6.42 Å². The molecule has 3 aromatic rings. The zero-order valence-electron chi connectivity index (χ0n) is 12.1. The highest BCUT2D eigenvalue weighted by atomic mass is 16.1. The first-order valence-electron chi connectivity index (χ1n) is 7.42. The maximum atomic E-state index is 11.7. The van der Waals surface area contributed by atoms with Gasteiger partial charge in [-0.05, 0) is 52.1 Å². The molecular weight excluding hydrogens is 272 g/mol. The third kappa shape index (κ3) is 2.02. The van der Waals surface area contributed by atoms with Gasteiger partial charge in [0.1, 0.15) is 0 Å². The van der Waals surface area contributed by atoms with Crippen molar-refractivity contribution in [1.82, 2.24) is 0 Å². The number of nitrogens with two attached hydrogens (primary N) is 1. The van der Waals surface area contributed by atoms with E-state index in [1.54, 1.807) is 0 Å². The van der Waals surface area contributed by atoms with E-state index in [0.29, 0.717) is 5.56 Å². The van der Waals surface area contributed by atoms with E-state index >= 15 is 0 Å². The van der Waals surface area contributed by atoms with Crippen LogP contribution in [0.3, 0.4) is 0 Å². The molecule has 3 N–H and O–H groups in total. The average Bonchev–Trinajstić information content (AvgIpc) is 3.01. The van der Waals surface area contributed by atoms with Crippen molar-refractivity contribution < 1.29 is 4.79 Å². The SMILES string of the molecule is NC(=O)c1cc(-c2ccc3ccccc3c2)cc2c1NCC2. The maximum Gasteiger partial charge on any atom is 0.250 e. The van der Waals surface area contributed by atoms with Gasteiger partial charge in [-0.2, -0.15) is 0 Å². The van der Waals surface area contributed by atoms with Crippen molar-refractivity contribution in [2.75, 3.05) is 11.9 Å². The van der Waals surface area contributed by atoms with Crippen LogP contribution >= 0.6 is 0 Å². The summed E-state index contributed by atoms with van der Waals surface area (Å²) in [5, 5.41) is 5.66. The average molecular weight is 288 g/mol. The molecule has 1 amide bonds. The molecule has 0 atom stereocenters. The van der Waals surface area contributed by atoms with Gasteiger partial charge in [-0.1, -0.05) is 36.4 Å². The molecular formula is C19H16N2O. The summed E-state index contributed by atoms with van der Waals surface area (Å²) in [5.41, 5.74) is 10.3. The summed E-state index contributed by atoms with van der Waals surface area (Å²) in [6.07, 6.45) is 0.928. The molecule has 108 valence electrons. The smallest absolute Gasteiger partial charge is 0.250 e. The molecule has 1 aliphatic rings. The normalized spacial score (nSPS) is 12.9. The minimum Gasteiger partial charge on any atom is -0.384 e. The number of nitrogens with one attached hydrogen (secondary N) is 1. The van der Waals surface area contributed by atoms with E-state index in [-0.39, 0.29) is 5.91 Å². The van der Waals surface area contributed by atoms with Crippen molar-refractivity contribution in [3.63, 3.8) is 0 Å². The van der Waals surface area contributed by atoms with Crippen LogP contribution in [0.15, 0.2) is 54.6 Å². The molecule has 3 nitrogen and oxygen atoms in total. The number of fused-ring (bicyclic) bond motifs is 2. The largest absolute Gasteiger partial charge is 0.384 e. The topological polar surface area (TPSA) is 55.1 Å². The van der Waals surface area contributed by atoms with E-state index < -0.39 is 0 Å². The summed E-state index contributed by atoms with van der Waals surface area (Å²) >= 11 is 0. The highest BCUT2D eigenvalue weighted by molar-refractivity contribution is 6.01. The molecule has 1 aliphatic heterocycles. The van der Waals surface area contributed by atoms with Gasteiger partial charge in [0.05, 0.1) is 11.3 Å². The second-order valence-electron chi connectivity index (χ2n) is 5.66. The minimum absolute atomic E-state index is 0.381. The molecule has 4 rings (SSSR count). The van der Waals surface area contributed by atoms with Crippen LogP contribution in [-0.4, -0.2) is 12.5 Å². The first-order valence-corrected chi connectivity index (χ1v) is 7.42. The number of carbonyl (C=O) groups is 1. The van der Waals surface area contributed by atoms with Gasteiger partial charge in [0.25, 0.3) is 5.91 Å². The standard InChI is InChI=1S/C19H16N2O/c20-19(22)17-11-16(10-15-7-8-21-18(15)17)14-6-5-12-3-1-2-4-13(12)9-14/h1-6,9-11,21H,7-8H2,(H2,20,22). The number of hydrogen-bond acceptors (Lipinski definition) is 2. The first-order chi connectivity index (χ1) is 10.7. The molecule has 0 spiro atoms. The van der Waals surface area contributed by atoms with Crippen LogP contribution in [0.4, 0.5) is 5.69 Å². The van der Waals surface area contributed by atoms with Gasteiger partial charge < -0.3 is 11.1 Å². The summed E-state index contributed by atoms with van der Waals surface area (Å²) in [7, 11) is 0. The van der Waals surface area contributed by atoms with Crippen molar-refractivity contribution >= 4 is 22.4 Å². The van der Waals surface area contributed by atoms with Crippen LogP contribution in [0.5, 0.6) is 0 Å². The van der Waals surface area contributed by atoms with E-state index in [0.717, 1.165) is 29.8 Å². The quantitative estimate of drug-likeness (QED) is 0.757. The van der Waals surface area contributed by atoms with Crippen molar-refractivity contribution in [3.8, 4) is 11.1 Å². The summed E-state index contributed by atoms with van der Waals surface area (Å²) in [4.78, 5) is 11.7. The van der Waals surface area contributed by atoms with Gasteiger partial charge in [0.2, 0.25) is 0 Å². The highest BCUT2D eigenvalue weighted by Crippen LogP contribution is 2.33. The molecule has 0 fully saturated rings. The fourth-order valence-electron chi connectivity index (χ4n) is 3.16. The summed E-state index contributed by atoms with van der Waals surface area (Å²) < 4.78 is 0. The second-order valence-corrected chi connectivity index (χ2v) is 5.66. The Balaban J connectivity index is 1.91.